The third-order valence-electron chi connectivity index (χ3n) is 4.56. The predicted octanol–water partition coefficient (Wildman–Crippen LogP) is 2.50. The molecule has 0 aliphatic carbocycles. The molecule has 0 radical (unpaired) electrons. The normalized spacial score (nSPS) is 25.1. The summed E-state index contributed by atoms with van der Waals surface area (Å²) in [7, 11) is 0. The Balaban J connectivity index is 1.81. The number of carbonyl (C=O) groups excluding carboxylic acids is 1. The molecule has 0 aromatic heterocycles. The molecule has 1 aromatic rings. The van der Waals surface area contributed by atoms with Crippen LogP contribution in [0.4, 0.5) is 10.5 Å². The standard InChI is InChI=1S/C16H20N2O3/c1-16-8-2-3-9-18(16)15(21)17(11-16)13-6-4-12(5-7-13)10-14(19)20/h4-7H,2-3,8-11H2,1H3,(H,19,20). The van der Waals surface area contributed by atoms with E-state index in [0.29, 0.717) is 6.54 Å². The van der Waals surface area contributed by atoms with E-state index in [9.17, 15) is 9.59 Å². The molecule has 21 heavy (non-hydrogen) atoms. The van der Waals surface area contributed by atoms with Crippen LogP contribution in [0, 0.1) is 0 Å². The Morgan fingerprint density at radius 3 is 2.62 bits per heavy atom. The van der Waals surface area contributed by atoms with E-state index in [1.807, 2.05) is 21.9 Å². The fraction of sp³-hybridized carbons (Fsp3) is 0.500. The van der Waals surface area contributed by atoms with E-state index in [2.05, 4.69) is 6.92 Å². The number of anilines is 1. The number of benzene rings is 1. The van der Waals surface area contributed by atoms with E-state index in [4.69, 9.17) is 5.11 Å². The molecule has 2 heterocycles. The summed E-state index contributed by atoms with van der Waals surface area (Å²) in [6, 6.07) is 7.34. The second kappa shape index (κ2) is 5.06. The van der Waals surface area contributed by atoms with Crippen LogP contribution >= 0.6 is 0 Å². The lowest BCUT2D eigenvalue weighted by molar-refractivity contribution is -0.136. The smallest absolute Gasteiger partial charge is 0.325 e. The molecule has 2 aliphatic rings. The summed E-state index contributed by atoms with van der Waals surface area (Å²) in [6.45, 7) is 3.70. The molecule has 0 bridgehead atoms. The second-order valence-corrected chi connectivity index (χ2v) is 6.21. The number of rotatable bonds is 3. The first-order valence-corrected chi connectivity index (χ1v) is 7.39. The molecule has 1 atom stereocenters. The zero-order chi connectivity index (χ0) is 15.0. The summed E-state index contributed by atoms with van der Waals surface area (Å²) in [6.07, 6.45) is 3.31. The van der Waals surface area contributed by atoms with E-state index < -0.39 is 5.97 Å². The molecule has 2 amide bonds. The number of hydrogen-bond acceptors (Lipinski definition) is 2. The van der Waals surface area contributed by atoms with Gasteiger partial charge in [-0.2, -0.15) is 0 Å². The SMILES string of the molecule is CC12CCCCN1C(=O)N(c1ccc(CC(=O)O)cc1)C2. The molecule has 0 saturated carbocycles. The number of urea groups is 1. The zero-order valence-electron chi connectivity index (χ0n) is 12.2. The van der Waals surface area contributed by atoms with Crippen molar-refractivity contribution in [2.75, 3.05) is 18.0 Å². The van der Waals surface area contributed by atoms with Crippen molar-refractivity contribution in [3.8, 4) is 0 Å². The van der Waals surface area contributed by atoms with Gasteiger partial charge in [-0.25, -0.2) is 4.79 Å². The van der Waals surface area contributed by atoms with Crippen LogP contribution in [0.3, 0.4) is 0 Å². The number of carboxylic acids is 1. The van der Waals surface area contributed by atoms with Crippen molar-refractivity contribution in [3.63, 3.8) is 0 Å². The summed E-state index contributed by atoms with van der Waals surface area (Å²) in [5, 5.41) is 8.79. The van der Waals surface area contributed by atoms with E-state index in [1.54, 1.807) is 12.1 Å². The van der Waals surface area contributed by atoms with Crippen LogP contribution in [0.25, 0.3) is 0 Å². The van der Waals surface area contributed by atoms with Gasteiger partial charge in [0.25, 0.3) is 0 Å². The highest BCUT2D eigenvalue weighted by molar-refractivity contribution is 5.95. The molecule has 5 nitrogen and oxygen atoms in total. The average molecular weight is 288 g/mol. The summed E-state index contributed by atoms with van der Waals surface area (Å²) in [5.41, 5.74) is 1.54. The third-order valence-corrected chi connectivity index (χ3v) is 4.56. The van der Waals surface area contributed by atoms with Crippen molar-refractivity contribution in [3.05, 3.63) is 29.8 Å². The Bertz CT molecular complexity index is 569. The number of aliphatic carboxylic acids is 1. The van der Waals surface area contributed by atoms with Crippen molar-refractivity contribution in [1.82, 2.24) is 4.90 Å². The largest absolute Gasteiger partial charge is 0.481 e. The molecule has 2 aliphatic heterocycles. The Morgan fingerprint density at radius 2 is 2.00 bits per heavy atom. The van der Waals surface area contributed by atoms with Gasteiger partial charge in [-0.1, -0.05) is 12.1 Å². The second-order valence-electron chi connectivity index (χ2n) is 6.21. The van der Waals surface area contributed by atoms with Crippen LogP contribution < -0.4 is 4.90 Å². The third kappa shape index (κ3) is 2.48. The number of amides is 2. The minimum absolute atomic E-state index is 0.0120. The minimum atomic E-state index is -0.843. The fourth-order valence-electron chi connectivity index (χ4n) is 3.40. The Labute approximate surface area is 124 Å². The van der Waals surface area contributed by atoms with Gasteiger partial charge in [0.1, 0.15) is 0 Å². The monoisotopic (exact) mass is 288 g/mol. The van der Waals surface area contributed by atoms with Gasteiger partial charge < -0.3 is 10.0 Å². The highest BCUT2D eigenvalue weighted by Gasteiger charge is 2.47. The van der Waals surface area contributed by atoms with E-state index in [1.165, 1.54) is 6.42 Å². The van der Waals surface area contributed by atoms with Crippen molar-refractivity contribution in [2.45, 2.75) is 38.1 Å². The maximum absolute atomic E-state index is 12.6. The van der Waals surface area contributed by atoms with Crippen LogP contribution in [0.1, 0.15) is 31.7 Å². The molecule has 0 spiro atoms. The Morgan fingerprint density at radius 1 is 1.29 bits per heavy atom. The van der Waals surface area contributed by atoms with Gasteiger partial charge in [-0.15, -0.1) is 0 Å². The van der Waals surface area contributed by atoms with Crippen molar-refractivity contribution in [1.29, 1.82) is 0 Å². The van der Waals surface area contributed by atoms with Gasteiger partial charge in [0.2, 0.25) is 0 Å². The van der Waals surface area contributed by atoms with E-state index >= 15 is 0 Å². The van der Waals surface area contributed by atoms with Crippen molar-refractivity contribution >= 4 is 17.7 Å². The van der Waals surface area contributed by atoms with Crippen LogP contribution in [0.5, 0.6) is 0 Å². The molecular weight excluding hydrogens is 268 g/mol. The summed E-state index contributed by atoms with van der Waals surface area (Å²) in [5.74, 6) is -0.843. The molecule has 1 unspecified atom stereocenters. The average Bonchev–Trinajstić information content (AvgIpc) is 2.71. The molecule has 2 fully saturated rings. The number of carboxylic acid groups (broad SMARTS) is 1. The molecule has 1 N–H and O–H groups in total. The van der Waals surface area contributed by atoms with E-state index in [0.717, 1.165) is 30.6 Å². The van der Waals surface area contributed by atoms with Crippen LogP contribution in [0.2, 0.25) is 0 Å². The first-order chi connectivity index (χ1) is 9.99. The lowest BCUT2D eigenvalue weighted by atomic mass is 9.90. The maximum Gasteiger partial charge on any atom is 0.325 e. The maximum atomic E-state index is 12.6. The minimum Gasteiger partial charge on any atom is -0.481 e. The lowest BCUT2D eigenvalue weighted by Crippen LogP contribution is -2.47. The zero-order valence-corrected chi connectivity index (χ0v) is 12.2. The van der Waals surface area contributed by atoms with Gasteiger partial charge in [0.05, 0.1) is 18.5 Å². The van der Waals surface area contributed by atoms with Gasteiger partial charge in [0.15, 0.2) is 0 Å². The lowest BCUT2D eigenvalue weighted by Gasteiger charge is -2.37. The Hall–Kier alpha value is -2.04. The van der Waals surface area contributed by atoms with Crippen molar-refractivity contribution < 1.29 is 14.7 Å². The first-order valence-electron chi connectivity index (χ1n) is 7.39. The number of piperidine rings is 1. The van der Waals surface area contributed by atoms with Gasteiger partial charge >= 0.3 is 12.0 Å². The number of fused-ring (bicyclic) bond motifs is 1. The van der Waals surface area contributed by atoms with Crippen LogP contribution in [-0.4, -0.2) is 40.6 Å². The summed E-state index contributed by atoms with van der Waals surface area (Å²) >= 11 is 0. The molecular formula is C16H20N2O3. The van der Waals surface area contributed by atoms with E-state index in [-0.39, 0.29) is 18.0 Å². The van der Waals surface area contributed by atoms with Gasteiger partial charge in [-0.3, -0.25) is 9.69 Å². The molecule has 112 valence electrons. The number of hydrogen-bond donors (Lipinski definition) is 1. The molecule has 2 saturated heterocycles. The van der Waals surface area contributed by atoms with Crippen LogP contribution in [-0.2, 0) is 11.2 Å². The van der Waals surface area contributed by atoms with Crippen LogP contribution in [0.15, 0.2) is 24.3 Å². The number of nitrogens with zero attached hydrogens (tertiary/aromatic N) is 2. The molecule has 5 heteroatoms. The topological polar surface area (TPSA) is 60.9 Å². The highest BCUT2D eigenvalue weighted by Crippen LogP contribution is 2.37. The summed E-state index contributed by atoms with van der Waals surface area (Å²) in [4.78, 5) is 27.1. The van der Waals surface area contributed by atoms with Crippen molar-refractivity contribution in [2.24, 2.45) is 0 Å². The molecule has 3 rings (SSSR count). The number of carbonyl (C=O) groups is 2. The predicted molar refractivity (Wildman–Crippen MR) is 79.5 cm³/mol. The first kappa shape index (κ1) is 13.9. The van der Waals surface area contributed by atoms with Gasteiger partial charge in [0, 0.05) is 12.2 Å². The fourth-order valence-corrected chi connectivity index (χ4v) is 3.40. The Kier molecular flexibility index (Phi) is 3.35. The molecule has 1 aromatic carbocycles. The quantitative estimate of drug-likeness (QED) is 0.929. The highest BCUT2D eigenvalue weighted by atomic mass is 16.4. The summed E-state index contributed by atoms with van der Waals surface area (Å²) < 4.78 is 0. The van der Waals surface area contributed by atoms with Gasteiger partial charge in [-0.05, 0) is 43.9 Å².